The minimum absolute atomic E-state index is 0.116. The first-order chi connectivity index (χ1) is 12.7. The predicted octanol–water partition coefficient (Wildman–Crippen LogP) is 2.86. The summed E-state index contributed by atoms with van der Waals surface area (Å²) >= 11 is 0. The number of H-pyrrole nitrogens is 1. The Bertz CT molecular complexity index is 874. The van der Waals surface area contributed by atoms with E-state index in [-0.39, 0.29) is 5.56 Å². The molecule has 2 heterocycles. The van der Waals surface area contributed by atoms with E-state index in [1.54, 1.807) is 7.11 Å². The van der Waals surface area contributed by atoms with Gasteiger partial charge >= 0.3 is 0 Å². The second-order valence-electron chi connectivity index (χ2n) is 5.73. The molecular weight excluding hydrogens is 330 g/mol. The van der Waals surface area contributed by atoms with Crippen LogP contribution in [0.25, 0.3) is 0 Å². The molecule has 0 radical (unpaired) electrons. The number of aromatic amines is 1. The molecule has 0 amide bonds. The van der Waals surface area contributed by atoms with Crippen molar-refractivity contribution < 1.29 is 9.47 Å². The molecule has 134 valence electrons. The van der Waals surface area contributed by atoms with Gasteiger partial charge in [0.25, 0.3) is 5.56 Å². The molecule has 1 aliphatic heterocycles. The Morgan fingerprint density at radius 1 is 1.12 bits per heavy atom. The van der Waals surface area contributed by atoms with Gasteiger partial charge in [-0.1, -0.05) is 18.2 Å². The Balaban J connectivity index is 0.000000236. The van der Waals surface area contributed by atoms with E-state index in [1.165, 1.54) is 29.7 Å². The third-order valence-electron chi connectivity index (χ3n) is 3.88. The lowest BCUT2D eigenvalue weighted by molar-refractivity contribution is 0.323. The van der Waals surface area contributed by atoms with Gasteiger partial charge in [0.2, 0.25) is 0 Å². The monoisotopic (exact) mass is 351 g/mol. The molecule has 6 heteroatoms. The summed E-state index contributed by atoms with van der Waals surface area (Å²) in [6.45, 7) is 1.61. The van der Waals surface area contributed by atoms with Crippen molar-refractivity contribution in [3.05, 3.63) is 82.5 Å². The number of rotatable bonds is 3. The molecule has 3 aromatic rings. The highest BCUT2D eigenvalue weighted by Gasteiger charge is 2.09. The molecule has 2 N–H and O–H groups in total. The molecule has 4 rings (SSSR count). The highest BCUT2D eigenvalue weighted by molar-refractivity contribution is 5.59. The van der Waals surface area contributed by atoms with Crippen LogP contribution in [0.2, 0.25) is 0 Å². The summed E-state index contributed by atoms with van der Waals surface area (Å²) in [5.41, 5.74) is 3.50. The molecule has 0 spiro atoms. The van der Waals surface area contributed by atoms with E-state index in [1.807, 2.05) is 12.1 Å². The molecule has 0 atom stereocenters. The van der Waals surface area contributed by atoms with Crippen molar-refractivity contribution in [1.29, 1.82) is 0 Å². The molecule has 2 aromatic carbocycles. The number of aromatic nitrogens is 2. The van der Waals surface area contributed by atoms with E-state index in [9.17, 15) is 4.79 Å². The minimum Gasteiger partial charge on any atom is -0.497 e. The summed E-state index contributed by atoms with van der Waals surface area (Å²) in [5.74, 6) is 1.85. The van der Waals surface area contributed by atoms with E-state index < -0.39 is 0 Å². The third kappa shape index (κ3) is 4.86. The van der Waals surface area contributed by atoms with Crippen molar-refractivity contribution >= 4 is 5.69 Å². The van der Waals surface area contributed by atoms with Crippen molar-refractivity contribution in [2.45, 2.75) is 6.42 Å². The fraction of sp³-hybridized carbons (Fsp3) is 0.200. The largest absolute Gasteiger partial charge is 0.497 e. The standard InChI is InChI=1S/C16H17NO2.C4H4N2O/c1-18-14-5-2-12(3-6-14)10-13-4-7-15-16(11-13)19-9-8-17-15;7-4-1-2-5-3-6-4/h2-7,11,17H,8-10H2,1H3;1-3H,(H,5,6,7). The number of anilines is 1. The second kappa shape index (κ2) is 8.71. The lowest BCUT2D eigenvalue weighted by Gasteiger charge is -2.19. The quantitative estimate of drug-likeness (QED) is 0.759. The molecule has 0 unspecified atom stereocenters. The zero-order valence-electron chi connectivity index (χ0n) is 14.6. The van der Waals surface area contributed by atoms with Crippen molar-refractivity contribution in [2.24, 2.45) is 0 Å². The van der Waals surface area contributed by atoms with Crippen LogP contribution >= 0.6 is 0 Å². The molecule has 1 aromatic heterocycles. The van der Waals surface area contributed by atoms with Crippen molar-refractivity contribution in [3.8, 4) is 11.5 Å². The maximum atomic E-state index is 10.2. The van der Waals surface area contributed by atoms with Crippen molar-refractivity contribution in [3.63, 3.8) is 0 Å². The number of ether oxygens (including phenoxy) is 2. The highest BCUT2D eigenvalue weighted by atomic mass is 16.5. The van der Waals surface area contributed by atoms with E-state index in [4.69, 9.17) is 9.47 Å². The zero-order valence-corrected chi connectivity index (χ0v) is 14.6. The molecule has 0 saturated heterocycles. The zero-order chi connectivity index (χ0) is 18.2. The van der Waals surface area contributed by atoms with Gasteiger partial charge in [0.1, 0.15) is 18.1 Å². The van der Waals surface area contributed by atoms with Crippen LogP contribution in [-0.2, 0) is 6.42 Å². The molecule has 0 aliphatic carbocycles. The molecule has 6 nitrogen and oxygen atoms in total. The third-order valence-corrected chi connectivity index (χ3v) is 3.88. The van der Waals surface area contributed by atoms with Gasteiger partial charge in [-0.15, -0.1) is 0 Å². The Kier molecular flexibility index (Phi) is 5.88. The highest BCUT2D eigenvalue weighted by Crippen LogP contribution is 2.29. The molecule has 1 aliphatic rings. The van der Waals surface area contributed by atoms with Gasteiger partial charge < -0.3 is 19.8 Å². The Hall–Kier alpha value is -3.28. The number of hydrogen-bond acceptors (Lipinski definition) is 5. The number of fused-ring (bicyclic) bond motifs is 1. The van der Waals surface area contributed by atoms with E-state index in [0.717, 1.165) is 36.8 Å². The Labute approximate surface area is 151 Å². The van der Waals surface area contributed by atoms with Gasteiger partial charge in [-0.3, -0.25) is 4.79 Å². The van der Waals surface area contributed by atoms with Crippen LogP contribution in [0.5, 0.6) is 11.5 Å². The molecule has 0 fully saturated rings. The first-order valence-corrected chi connectivity index (χ1v) is 8.36. The number of nitrogens with one attached hydrogen (secondary N) is 2. The predicted molar refractivity (Wildman–Crippen MR) is 101 cm³/mol. The van der Waals surface area contributed by atoms with E-state index >= 15 is 0 Å². The van der Waals surface area contributed by atoms with E-state index in [0.29, 0.717) is 0 Å². The fourth-order valence-corrected chi connectivity index (χ4v) is 2.57. The number of nitrogens with zero attached hydrogens (tertiary/aromatic N) is 1. The fourth-order valence-electron chi connectivity index (χ4n) is 2.57. The van der Waals surface area contributed by atoms with Crippen LogP contribution in [0, 0.1) is 0 Å². The Morgan fingerprint density at radius 3 is 2.58 bits per heavy atom. The summed E-state index contributed by atoms with van der Waals surface area (Å²) in [6, 6.07) is 15.9. The number of hydrogen-bond donors (Lipinski definition) is 2. The molecule has 0 saturated carbocycles. The van der Waals surface area contributed by atoms with Crippen LogP contribution in [0.4, 0.5) is 5.69 Å². The number of methoxy groups -OCH3 is 1. The van der Waals surface area contributed by atoms with Gasteiger partial charge in [0.15, 0.2) is 0 Å². The summed E-state index contributed by atoms with van der Waals surface area (Å²) in [7, 11) is 1.68. The van der Waals surface area contributed by atoms with Crippen LogP contribution in [-0.4, -0.2) is 30.2 Å². The summed E-state index contributed by atoms with van der Waals surface area (Å²) in [5, 5.41) is 3.33. The van der Waals surface area contributed by atoms with Crippen LogP contribution in [0.1, 0.15) is 11.1 Å². The lowest BCUT2D eigenvalue weighted by atomic mass is 10.0. The SMILES string of the molecule is COc1ccc(Cc2ccc3c(c2)OCCN3)cc1.O=c1ccnc[nH]1. The lowest BCUT2D eigenvalue weighted by Crippen LogP contribution is -2.17. The summed E-state index contributed by atoms with van der Waals surface area (Å²) < 4.78 is 10.8. The van der Waals surface area contributed by atoms with Crippen LogP contribution in [0.15, 0.2) is 65.8 Å². The summed E-state index contributed by atoms with van der Waals surface area (Å²) in [6.07, 6.45) is 3.70. The van der Waals surface area contributed by atoms with Gasteiger partial charge in [-0.2, -0.15) is 0 Å². The normalized spacial score (nSPS) is 11.9. The van der Waals surface area contributed by atoms with Gasteiger partial charge in [0, 0.05) is 18.8 Å². The van der Waals surface area contributed by atoms with Crippen LogP contribution in [0.3, 0.4) is 0 Å². The maximum absolute atomic E-state index is 10.2. The number of benzene rings is 2. The first-order valence-electron chi connectivity index (χ1n) is 8.36. The first kappa shape index (κ1) is 17.5. The molecule has 0 bridgehead atoms. The van der Waals surface area contributed by atoms with Crippen molar-refractivity contribution in [1.82, 2.24) is 9.97 Å². The molecular formula is C20H21N3O3. The summed E-state index contributed by atoms with van der Waals surface area (Å²) in [4.78, 5) is 16.1. The van der Waals surface area contributed by atoms with Crippen molar-refractivity contribution in [2.75, 3.05) is 25.6 Å². The molecule has 26 heavy (non-hydrogen) atoms. The van der Waals surface area contributed by atoms with Gasteiger partial charge in [-0.05, 0) is 41.8 Å². The smallest absolute Gasteiger partial charge is 0.250 e. The topological polar surface area (TPSA) is 76.2 Å². The van der Waals surface area contributed by atoms with Gasteiger partial charge in [0.05, 0.1) is 19.1 Å². The maximum Gasteiger partial charge on any atom is 0.250 e. The average molecular weight is 351 g/mol. The second-order valence-corrected chi connectivity index (χ2v) is 5.73. The average Bonchev–Trinajstić information content (AvgIpc) is 2.70. The Morgan fingerprint density at radius 2 is 1.92 bits per heavy atom. The minimum atomic E-state index is -0.116. The van der Waals surface area contributed by atoms with Gasteiger partial charge in [-0.25, -0.2) is 4.98 Å². The van der Waals surface area contributed by atoms with E-state index in [2.05, 4.69) is 45.6 Å². The van der Waals surface area contributed by atoms with Crippen LogP contribution < -0.4 is 20.3 Å².